The van der Waals surface area contributed by atoms with Crippen LogP contribution in [0.2, 0.25) is 0 Å². The van der Waals surface area contributed by atoms with Gasteiger partial charge in [-0.3, -0.25) is 0 Å². The summed E-state index contributed by atoms with van der Waals surface area (Å²) in [6.45, 7) is 3.50. The van der Waals surface area contributed by atoms with E-state index in [1.165, 1.54) is 0 Å². The molecular weight excluding hydrogens is 389 g/mol. The molecule has 5 heteroatoms. The van der Waals surface area contributed by atoms with E-state index in [4.69, 9.17) is 10.5 Å². The second kappa shape index (κ2) is 10.0. The first-order valence-corrected chi connectivity index (χ1v) is 7.13. The van der Waals surface area contributed by atoms with Gasteiger partial charge in [0.1, 0.15) is 11.5 Å². The summed E-state index contributed by atoms with van der Waals surface area (Å²) in [6.07, 6.45) is 1.03. The number of para-hydroxylation sites is 1. The molecule has 22 heavy (non-hydrogen) atoms. The highest BCUT2D eigenvalue weighted by Gasteiger charge is 1.97. The molecule has 0 atom stereocenters. The molecule has 0 radical (unpaired) electrons. The van der Waals surface area contributed by atoms with Crippen molar-refractivity contribution in [1.82, 2.24) is 5.32 Å². The third-order valence-corrected chi connectivity index (χ3v) is 2.89. The molecular formula is C17H22IN3O. The molecule has 0 amide bonds. The molecule has 0 unspecified atom stereocenters. The third-order valence-electron chi connectivity index (χ3n) is 2.89. The molecule has 0 spiro atoms. The van der Waals surface area contributed by atoms with E-state index in [2.05, 4.69) is 17.2 Å². The molecule has 3 N–H and O–H groups in total. The Balaban J connectivity index is 0.00000242. The molecule has 0 aliphatic heterocycles. The monoisotopic (exact) mass is 411 g/mol. The van der Waals surface area contributed by atoms with Crippen LogP contribution in [-0.4, -0.2) is 12.5 Å². The van der Waals surface area contributed by atoms with E-state index in [1.807, 2.05) is 54.6 Å². The first kappa shape index (κ1) is 18.3. The molecule has 2 rings (SSSR count). The van der Waals surface area contributed by atoms with Crippen LogP contribution >= 0.6 is 24.0 Å². The van der Waals surface area contributed by atoms with Crippen LogP contribution < -0.4 is 15.8 Å². The van der Waals surface area contributed by atoms with Gasteiger partial charge in [-0.25, -0.2) is 4.99 Å². The van der Waals surface area contributed by atoms with E-state index in [0.29, 0.717) is 12.5 Å². The average molecular weight is 411 g/mol. The van der Waals surface area contributed by atoms with Crippen molar-refractivity contribution in [1.29, 1.82) is 0 Å². The van der Waals surface area contributed by atoms with Gasteiger partial charge in [0.25, 0.3) is 0 Å². The Morgan fingerprint density at radius 3 is 2.32 bits per heavy atom. The minimum absolute atomic E-state index is 0. The number of ether oxygens (including phenoxy) is 1. The average Bonchev–Trinajstić information content (AvgIpc) is 2.53. The molecule has 2 aromatic rings. The fourth-order valence-electron chi connectivity index (χ4n) is 1.77. The van der Waals surface area contributed by atoms with Crippen LogP contribution in [0, 0.1) is 0 Å². The maximum absolute atomic E-state index is 5.75. The van der Waals surface area contributed by atoms with Gasteiger partial charge in [0, 0.05) is 6.54 Å². The molecule has 0 saturated heterocycles. The lowest BCUT2D eigenvalue weighted by Gasteiger charge is -2.06. The minimum atomic E-state index is 0. The third kappa shape index (κ3) is 6.34. The highest BCUT2D eigenvalue weighted by Crippen LogP contribution is 2.21. The van der Waals surface area contributed by atoms with Crippen molar-refractivity contribution in [3.63, 3.8) is 0 Å². The summed E-state index contributed by atoms with van der Waals surface area (Å²) >= 11 is 0. The smallest absolute Gasteiger partial charge is 0.188 e. The normalized spacial score (nSPS) is 10.7. The van der Waals surface area contributed by atoms with Gasteiger partial charge in [-0.2, -0.15) is 0 Å². The number of guanidine groups is 1. The molecule has 118 valence electrons. The summed E-state index contributed by atoms with van der Waals surface area (Å²) in [5.41, 5.74) is 6.85. The van der Waals surface area contributed by atoms with Gasteiger partial charge in [0.05, 0.1) is 6.54 Å². The van der Waals surface area contributed by atoms with Crippen LogP contribution in [0.5, 0.6) is 11.5 Å². The number of hydrogen-bond acceptors (Lipinski definition) is 2. The van der Waals surface area contributed by atoms with E-state index >= 15 is 0 Å². The molecule has 0 aliphatic carbocycles. The SMILES string of the molecule is CCCNC(N)=NCc1ccc(Oc2ccccc2)cc1.I. The van der Waals surface area contributed by atoms with Gasteiger partial charge in [-0.15, -0.1) is 24.0 Å². The van der Waals surface area contributed by atoms with Gasteiger partial charge in [0.2, 0.25) is 0 Å². The summed E-state index contributed by atoms with van der Waals surface area (Å²) < 4.78 is 5.74. The van der Waals surface area contributed by atoms with Gasteiger partial charge in [0.15, 0.2) is 5.96 Å². The summed E-state index contributed by atoms with van der Waals surface area (Å²) in [4.78, 5) is 4.29. The highest BCUT2D eigenvalue weighted by atomic mass is 127. The number of halogens is 1. The number of benzene rings is 2. The zero-order valence-corrected chi connectivity index (χ0v) is 15.0. The highest BCUT2D eigenvalue weighted by molar-refractivity contribution is 14.0. The minimum Gasteiger partial charge on any atom is -0.457 e. The van der Waals surface area contributed by atoms with Gasteiger partial charge >= 0.3 is 0 Å². The molecule has 0 aliphatic rings. The Morgan fingerprint density at radius 1 is 1.05 bits per heavy atom. The summed E-state index contributed by atoms with van der Waals surface area (Å²) in [5, 5.41) is 3.05. The number of nitrogens with one attached hydrogen (secondary N) is 1. The van der Waals surface area contributed by atoms with Gasteiger partial charge < -0.3 is 15.8 Å². The number of rotatable bonds is 6. The number of hydrogen-bond donors (Lipinski definition) is 2. The van der Waals surface area contributed by atoms with Crippen LogP contribution in [0.25, 0.3) is 0 Å². The van der Waals surface area contributed by atoms with Crippen molar-refractivity contribution >= 4 is 29.9 Å². The predicted molar refractivity (Wildman–Crippen MR) is 102 cm³/mol. The Morgan fingerprint density at radius 2 is 1.68 bits per heavy atom. The van der Waals surface area contributed by atoms with Crippen molar-refractivity contribution in [2.45, 2.75) is 19.9 Å². The van der Waals surface area contributed by atoms with Crippen molar-refractivity contribution in [3.8, 4) is 11.5 Å². The Bertz CT molecular complexity index is 570. The quantitative estimate of drug-likeness (QED) is 0.431. The van der Waals surface area contributed by atoms with Crippen molar-refractivity contribution < 1.29 is 4.74 Å². The van der Waals surface area contributed by atoms with E-state index < -0.39 is 0 Å². The number of aliphatic imine (C=N–C) groups is 1. The zero-order valence-electron chi connectivity index (χ0n) is 12.7. The van der Waals surface area contributed by atoms with E-state index in [0.717, 1.165) is 30.0 Å². The van der Waals surface area contributed by atoms with E-state index in [1.54, 1.807) is 0 Å². The van der Waals surface area contributed by atoms with Gasteiger partial charge in [-0.05, 0) is 36.2 Å². The first-order valence-electron chi connectivity index (χ1n) is 7.13. The summed E-state index contributed by atoms with van der Waals surface area (Å²) in [7, 11) is 0. The fraction of sp³-hybridized carbons (Fsp3) is 0.235. The maximum Gasteiger partial charge on any atom is 0.188 e. The van der Waals surface area contributed by atoms with Gasteiger partial charge in [-0.1, -0.05) is 37.3 Å². The molecule has 0 aromatic heterocycles. The molecule has 0 heterocycles. The molecule has 0 fully saturated rings. The van der Waals surface area contributed by atoms with Crippen molar-refractivity contribution in [3.05, 3.63) is 60.2 Å². The second-order valence-corrected chi connectivity index (χ2v) is 4.69. The largest absolute Gasteiger partial charge is 0.457 e. The van der Waals surface area contributed by atoms with Crippen LogP contribution in [0.1, 0.15) is 18.9 Å². The lowest BCUT2D eigenvalue weighted by Crippen LogP contribution is -2.32. The van der Waals surface area contributed by atoms with E-state index in [-0.39, 0.29) is 24.0 Å². The lowest BCUT2D eigenvalue weighted by molar-refractivity contribution is 0.482. The number of nitrogens with zero attached hydrogens (tertiary/aromatic N) is 1. The Kier molecular flexibility index (Phi) is 8.35. The van der Waals surface area contributed by atoms with E-state index in [9.17, 15) is 0 Å². The molecule has 4 nitrogen and oxygen atoms in total. The molecule has 0 bridgehead atoms. The van der Waals surface area contributed by atoms with Crippen molar-refractivity contribution in [2.24, 2.45) is 10.7 Å². The summed E-state index contributed by atoms with van der Waals surface area (Å²) in [6, 6.07) is 17.6. The Hall–Kier alpha value is -1.76. The van der Waals surface area contributed by atoms with Crippen molar-refractivity contribution in [2.75, 3.05) is 6.54 Å². The molecule has 2 aromatic carbocycles. The maximum atomic E-state index is 5.75. The standard InChI is InChI=1S/C17H21N3O.HI/c1-2-12-19-17(18)20-13-14-8-10-16(11-9-14)21-15-6-4-3-5-7-15;/h3-11H,2,12-13H2,1H3,(H3,18,19,20);1H. The topological polar surface area (TPSA) is 59.6 Å². The molecule has 0 saturated carbocycles. The fourth-order valence-corrected chi connectivity index (χ4v) is 1.77. The summed E-state index contributed by atoms with van der Waals surface area (Å²) in [5.74, 6) is 2.13. The Labute approximate surface area is 148 Å². The van der Waals surface area contributed by atoms with Crippen LogP contribution in [-0.2, 0) is 6.54 Å². The second-order valence-electron chi connectivity index (χ2n) is 4.69. The van der Waals surface area contributed by atoms with Crippen LogP contribution in [0.15, 0.2) is 59.6 Å². The zero-order chi connectivity index (χ0) is 14.9. The van der Waals surface area contributed by atoms with Crippen LogP contribution in [0.3, 0.4) is 0 Å². The lowest BCUT2D eigenvalue weighted by atomic mass is 10.2. The first-order chi connectivity index (χ1) is 10.3. The number of nitrogens with two attached hydrogens (primary N) is 1. The van der Waals surface area contributed by atoms with Crippen LogP contribution in [0.4, 0.5) is 0 Å². The predicted octanol–water partition coefficient (Wildman–Crippen LogP) is 3.91.